The Kier molecular flexibility index (Phi) is 4.38. The molecule has 0 unspecified atom stereocenters. The predicted molar refractivity (Wildman–Crippen MR) is 107 cm³/mol. The molecule has 0 aliphatic heterocycles. The molecular weight excluding hydrogens is 376 g/mol. The third kappa shape index (κ3) is 3.36. The van der Waals surface area contributed by atoms with Gasteiger partial charge in [0.05, 0.1) is 5.69 Å². The van der Waals surface area contributed by atoms with Gasteiger partial charge < -0.3 is 4.57 Å². The lowest BCUT2D eigenvalue weighted by atomic mass is 10.1. The van der Waals surface area contributed by atoms with Gasteiger partial charge in [0.15, 0.2) is 5.03 Å². The van der Waals surface area contributed by atoms with Crippen LogP contribution in [-0.2, 0) is 17.1 Å². The average Bonchev–Trinajstić information content (AvgIpc) is 3.25. The van der Waals surface area contributed by atoms with Gasteiger partial charge >= 0.3 is 0 Å². The number of benzene rings is 1. The van der Waals surface area contributed by atoms with Gasteiger partial charge in [-0.15, -0.1) is 0 Å². The van der Waals surface area contributed by atoms with Crippen LogP contribution in [0.4, 0.5) is 5.69 Å². The Morgan fingerprint density at radius 3 is 2.64 bits per heavy atom. The maximum atomic E-state index is 12.8. The summed E-state index contributed by atoms with van der Waals surface area (Å²) in [7, 11) is -2.00. The molecule has 0 bridgehead atoms. The summed E-state index contributed by atoms with van der Waals surface area (Å²) in [5, 5.41) is 0.000957. The molecule has 0 saturated carbocycles. The van der Waals surface area contributed by atoms with E-state index in [4.69, 9.17) is 0 Å². The van der Waals surface area contributed by atoms with E-state index in [0.717, 1.165) is 5.56 Å². The van der Waals surface area contributed by atoms with Gasteiger partial charge in [0.1, 0.15) is 5.82 Å². The summed E-state index contributed by atoms with van der Waals surface area (Å²) in [5.41, 5.74) is 1.94. The maximum Gasteiger partial charge on any atom is 0.280 e. The van der Waals surface area contributed by atoms with E-state index < -0.39 is 10.0 Å². The number of hydrogen-bond donors (Lipinski definition) is 1. The summed E-state index contributed by atoms with van der Waals surface area (Å²) >= 11 is 0. The summed E-state index contributed by atoms with van der Waals surface area (Å²) < 4.78 is 31.7. The first-order valence-electron chi connectivity index (χ1n) is 8.80. The van der Waals surface area contributed by atoms with Crippen molar-refractivity contribution < 1.29 is 8.42 Å². The Balaban J connectivity index is 1.65. The minimum atomic E-state index is -3.79. The fourth-order valence-corrected chi connectivity index (χ4v) is 4.09. The summed E-state index contributed by atoms with van der Waals surface area (Å²) in [6.45, 7) is 3.94. The first-order valence-corrected chi connectivity index (χ1v) is 10.3. The Morgan fingerprint density at radius 2 is 1.93 bits per heavy atom. The van der Waals surface area contributed by atoms with E-state index in [0.29, 0.717) is 23.0 Å². The van der Waals surface area contributed by atoms with Gasteiger partial charge in [-0.1, -0.05) is 26.0 Å². The highest BCUT2D eigenvalue weighted by atomic mass is 32.2. The lowest BCUT2D eigenvalue weighted by Gasteiger charge is -2.07. The van der Waals surface area contributed by atoms with Gasteiger partial charge in [-0.3, -0.25) is 9.12 Å². The molecule has 0 spiro atoms. The first-order chi connectivity index (χ1) is 13.3. The van der Waals surface area contributed by atoms with Crippen LogP contribution in [0.5, 0.6) is 0 Å². The zero-order valence-electron chi connectivity index (χ0n) is 15.7. The van der Waals surface area contributed by atoms with Crippen molar-refractivity contribution in [3.05, 3.63) is 60.9 Å². The zero-order chi connectivity index (χ0) is 19.9. The Morgan fingerprint density at radius 1 is 1.11 bits per heavy atom. The fourth-order valence-electron chi connectivity index (χ4n) is 3.04. The van der Waals surface area contributed by atoms with Crippen molar-refractivity contribution in [1.82, 2.24) is 23.9 Å². The molecule has 3 heterocycles. The van der Waals surface area contributed by atoms with Crippen LogP contribution in [0.15, 0.2) is 60.1 Å². The van der Waals surface area contributed by atoms with E-state index in [1.807, 2.05) is 42.8 Å². The SMILES string of the molecule is CC(C)c1nc(S(=O)(=O)Nc2cccc(-c3cn4cccnc4n3)c2)cn1C. The van der Waals surface area contributed by atoms with E-state index in [9.17, 15) is 8.42 Å². The second-order valence-electron chi connectivity index (χ2n) is 6.84. The molecule has 28 heavy (non-hydrogen) atoms. The number of hydrogen-bond acceptors (Lipinski definition) is 5. The highest BCUT2D eigenvalue weighted by molar-refractivity contribution is 7.92. The van der Waals surface area contributed by atoms with Gasteiger partial charge in [0, 0.05) is 49.0 Å². The normalized spacial score (nSPS) is 12.0. The number of rotatable bonds is 5. The Bertz CT molecular complexity index is 1220. The molecule has 0 radical (unpaired) electrons. The number of imidazole rings is 2. The third-order valence-corrected chi connectivity index (χ3v) is 5.58. The molecule has 0 aliphatic rings. The minimum absolute atomic E-state index is 0.000957. The number of anilines is 1. The molecular formula is C19H20N6O2S. The second kappa shape index (κ2) is 6.75. The summed E-state index contributed by atoms with van der Waals surface area (Å²) in [4.78, 5) is 13.0. The van der Waals surface area contributed by atoms with Crippen LogP contribution in [0.25, 0.3) is 17.0 Å². The standard InChI is InChI=1S/C19H20N6O2S/c1-13(2)18-22-17(12-24(18)3)28(26,27)23-15-7-4-6-14(10-15)16-11-25-9-5-8-20-19(25)21-16/h4-13,23H,1-3H3. The average molecular weight is 396 g/mol. The van der Waals surface area contributed by atoms with Crippen LogP contribution in [0.3, 0.4) is 0 Å². The van der Waals surface area contributed by atoms with Crippen LogP contribution < -0.4 is 4.72 Å². The number of sulfonamides is 1. The Hall–Kier alpha value is -3.20. The number of nitrogens with zero attached hydrogens (tertiary/aromatic N) is 5. The van der Waals surface area contributed by atoms with Crippen LogP contribution in [-0.4, -0.2) is 32.3 Å². The molecule has 9 heteroatoms. The quantitative estimate of drug-likeness (QED) is 0.559. The molecule has 0 amide bonds. The highest BCUT2D eigenvalue weighted by Crippen LogP contribution is 2.24. The van der Waals surface area contributed by atoms with E-state index in [1.165, 1.54) is 6.20 Å². The van der Waals surface area contributed by atoms with Crippen LogP contribution in [0.2, 0.25) is 0 Å². The van der Waals surface area contributed by atoms with E-state index in [2.05, 4.69) is 19.7 Å². The van der Waals surface area contributed by atoms with Crippen molar-refractivity contribution in [2.24, 2.45) is 7.05 Å². The van der Waals surface area contributed by atoms with Crippen molar-refractivity contribution in [2.75, 3.05) is 4.72 Å². The molecule has 0 saturated heterocycles. The van der Waals surface area contributed by atoms with Crippen molar-refractivity contribution in [3.63, 3.8) is 0 Å². The van der Waals surface area contributed by atoms with E-state index in [1.54, 1.807) is 36.0 Å². The molecule has 8 nitrogen and oxygen atoms in total. The van der Waals surface area contributed by atoms with Crippen molar-refractivity contribution in [1.29, 1.82) is 0 Å². The van der Waals surface area contributed by atoms with Gasteiger partial charge in [0.25, 0.3) is 10.0 Å². The lowest BCUT2D eigenvalue weighted by molar-refractivity contribution is 0.597. The van der Waals surface area contributed by atoms with Crippen molar-refractivity contribution in [2.45, 2.75) is 24.8 Å². The molecule has 4 rings (SSSR count). The van der Waals surface area contributed by atoms with Gasteiger partial charge in [-0.2, -0.15) is 8.42 Å². The van der Waals surface area contributed by atoms with Crippen molar-refractivity contribution in [3.8, 4) is 11.3 Å². The van der Waals surface area contributed by atoms with Crippen LogP contribution >= 0.6 is 0 Å². The maximum absolute atomic E-state index is 12.8. The molecule has 0 fully saturated rings. The number of aryl methyl sites for hydroxylation is 1. The second-order valence-corrected chi connectivity index (χ2v) is 8.47. The topological polar surface area (TPSA) is 94.2 Å². The molecule has 0 atom stereocenters. The van der Waals surface area contributed by atoms with Crippen LogP contribution in [0.1, 0.15) is 25.6 Å². The van der Waals surface area contributed by atoms with E-state index in [-0.39, 0.29) is 10.9 Å². The molecule has 1 N–H and O–H groups in total. The number of aromatic nitrogens is 5. The van der Waals surface area contributed by atoms with Crippen LogP contribution in [0, 0.1) is 0 Å². The zero-order valence-corrected chi connectivity index (χ0v) is 16.6. The summed E-state index contributed by atoms with van der Waals surface area (Å²) in [5.74, 6) is 1.42. The van der Waals surface area contributed by atoms with Gasteiger partial charge in [-0.05, 0) is 18.2 Å². The lowest BCUT2D eigenvalue weighted by Crippen LogP contribution is -2.13. The molecule has 3 aromatic heterocycles. The fraction of sp³-hybridized carbons (Fsp3) is 0.211. The van der Waals surface area contributed by atoms with Gasteiger partial charge in [0.2, 0.25) is 5.78 Å². The predicted octanol–water partition coefficient (Wildman–Crippen LogP) is 3.05. The largest absolute Gasteiger partial charge is 0.336 e. The molecule has 1 aromatic carbocycles. The molecule has 144 valence electrons. The first kappa shape index (κ1) is 18.2. The molecule has 0 aliphatic carbocycles. The van der Waals surface area contributed by atoms with Gasteiger partial charge in [-0.25, -0.2) is 15.0 Å². The Labute approximate surface area is 163 Å². The monoisotopic (exact) mass is 396 g/mol. The summed E-state index contributed by atoms with van der Waals surface area (Å²) in [6.07, 6.45) is 6.91. The van der Waals surface area contributed by atoms with Crippen molar-refractivity contribution >= 4 is 21.5 Å². The van der Waals surface area contributed by atoms with E-state index >= 15 is 0 Å². The minimum Gasteiger partial charge on any atom is -0.336 e. The smallest absolute Gasteiger partial charge is 0.280 e. The molecule has 4 aromatic rings. The number of nitrogens with one attached hydrogen (secondary N) is 1. The summed E-state index contributed by atoms with van der Waals surface area (Å²) in [6, 6.07) is 8.91. The third-order valence-electron chi connectivity index (χ3n) is 4.33. The highest BCUT2D eigenvalue weighted by Gasteiger charge is 2.21. The number of fused-ring (bicyclic) bond motifs is 1.